The van der Waals surface area contributed by atoms with Crippen LogP contribution >= 0.6 is 0 Å². The van der Waals surface area contributed by atoms with E-state index in [0.717, 1.165) is 6.54 Å². The highest BCUT2D eigenvalue weighted by atomic mass is 15.1. The van der Waals surface area contributed by atoms with E-state index in [1.807, 2.05) is 17.8 Å². The third-order valence-corrected chi connectivity index (χ3v) is 1.19. The van der Waals surface area contributed by atoms with Gasteiger partial charge in [-0.1, -0.05) is 7.43 Å². The fourth-order valence-electron chi connectivity index (χ4n) is 0.689. The predicted octanol–water partition coefficient (Wildman–Crippen LogP) is 0.969. The quantitative estimate of drug-likeness (QED) is 0.497. The highest BCUT2D eigenvalue weighted by molar-refractivity contribution is 4.63. The van der Waals surface area contributed by atoms with Crippen LogP contribution in [0.1, 0.15) is 14.4 Å². The summed E-state index contributed by atoms with van der Waals surface area (Å²) < 4.78 is 4.16. The van der Waals surface area contributed by atoms with E-state index in [1.165, 1.54) is 0 Å². The summed E-state index contributed by atoms with van der Waals surface area (Å²) >= 11 is 0. The zero-order valence-corrected chi connectivity index (χ0v) is 5.33. The average molecular weight is 127 g/mol. The molecule has 0 aliphatic rings. The van der Waals surface area contributed by atoms with Crippen molar-refractivity contribution >= 4 is 0 Å². The van der Waals surface area contributed by atoms with Crippen LogP contribution in [0.5, 0.6) is 0 Å². The standard InChI is InChI=1S/C6H11N2.CH4/c1-3-8-5-4-7(2)6-8;/h4-6H,3H2,1-2H3;1H4/q+1;. The topological polar surface area (TPSA) is 8.81 Å². The van der Waals surface area contributed by atoms with Crippen LogP contribution in [0.2, 0.25) is 0 Å². The molecule has 1 aromatic rings. The first-order chi connectivity index (χ1) is 3.83. The third kappa shape index (κ3) is 1.88. The van der Waals surface area contributed by atoms with Gasteiger partial charge in [0.1, 0.15) is 12.4 Å². The fraction of sp³-hybridized carbons (Fsp3) is 0.571. The zero-order valence-electron chi connectivity index (χ0n) is 5.33. The summed E-state index contributed by atoms with van der Waals surface area (Å²) in [5.74, 6) is 0. The van der Waals surface area contributed by atoms with E-state index in [0.29, 0.717) is 0 Å². The molecular formula is C7H15N2+. The molecule has 2 heteroatoms. The monoisotopic (exact) mass is 127 g/mol. The van der Waals surface area contributed by atoms with Crippen LogP contribution in [0.3, 0.4) is 0 Å². The molecule has 0 saturated carbocycles. The number of aryl methyl sites for hydroxylation is 2. The van der Waals surface area contributed by atoms with E-state index in [4.69, 9.17) is 0 Å². The van der Waals surface area contributed by atoms with Crippen LogP contribution in [0.15, 0.2) is 18.7 Å². The Morgan fingerprint density at radius 2 is 2.22 bits per heavy atom. The summed E-state index contributed by atoms with van der Waals surface area (Å²) in [6.45, 7) is 3.18. The van der Waals surface area contributed by atoms with Crippen LogP contribution in [0.25, 0.3) is 0 Å². The van der Waals surface area contributed by atoms with Crippen LogP contribution in [0.4, 0.5) is 0 Å². The molecular weight excluding hydrogens is 112 g/mol. The van der Waals surface area contributed by atoms with Crippen molar-refractivity contribution in [3.8, 4) is 0 Å². The Hall–Kier alpha value is -0.790. The Kier molecular flexibility index (Phi) is 2.99. The van der Waals surface area contributed by atoms with E-state index in [2.05, 4.69) is 24.0 Å². The van der Waals surface area contributed by atoms with Gasteiger partial charge in [-0.3, -0.25) is 0 Å². The highest BCUT2D eigenvalue weighted by Crippen LogP contribution is 1.79. The van der Waals surface area contributed by atoms with E-state index in [9.17, 15) is 0 Å². The van der Waals surface area contributed by atoms with E-state index >= 15 is 0 Å². The van der Waals surface area contributed by atoms with Crippen LogP contribution in [-0.4, -0.2) is 4.57 Å². The van der Waals surface area contributed by atoms with Crippen molar-refractivity contribution in [3.05, 3.63) is 18.7 Å². The van der Waals surface area contributed by atoms with Crippen molar-refractivity contribution in [1.82, 2.24) is 4.57 Å². The summed E-state index contributed by atoms with van der Waals surface area (Å²) in [6.07, 6.45) is 6.14. The molecule has 52 valence electrons. The van der Waals surface area contributed by atoms with Gasteiger partial charge in [0.25, 0.3) is 0 Å². The Morgan fingerprint density at radius 1 is 1.56 bits per heavy atom. The maximum Gasteiger partial charge on any atom is 0.243 e. The van der Waals surface area contributed by atoms with Gasteiger partial charge < -0.3 is 0 Å². The second-order valence-corrected chi connectivity index (χ2v) is 1.91. The lowest BCUT2D eigenvalue weighted by atomic mass is 10.7. The van der Waals surface area contributed by atoms with Gasteiger partial charge >= 0.3 is 0 Å². The highest BCUT2D eigenvalue weighted by Gasteiger charge is 1.92. The summed E-state index contributed by atoms with van der Waals surface area (Å²) in [5, 5.41) is 0. The van der Waals surface area contributed by atoms with Gasteiger partial charge in [-0.05, 0) is 6.92 Å². The second kappa shape index (κ2) is 3.28. The first-order valence-electron chi connectivity index (χ1n) is 2.84. The van der Waals surface area contributed by atoms with Crippen molar-refractivity contribution in [2.24, 2.45) is 7.05 Å². The van der Waals surface area contributed by atoms with Crippen molar-refractivity contribution in [1.29, 1.82) is 0 Å². The summed E-state index contributed by atoms with van der Waals surface area (Å²) in [5.41, 5.74) is 0. The van der Waals surface area contributed by atoms with Gasteiger partial charge in [-0.25, -0.2) is 9.13 Å². The lowest BCUT2D eigenvalue weighted by Gasteiger charge is -1.81. The molecule has 0 bridgehead atoms. The first kappa shape index (κ1) is 8.21. The van der Waals surface area contributed by atoms with Crippen LogP contribution in [-0.2, 0) is 13.6 Å². The average Bonchev–Trinajstić information content (AvgIpc) is 2.14. The molecule has 1 rings (SSSR count). The second-order valence-electron chi connectivity index (χ2n) is 1.91. The minimum absolute atomic E-state index is 0. The summed E-state index contributed by atoms with van der Waals surface area (Å²) in [7, 11) is 2.02. The fourth-order valence-corrected chi connectivity index (χ4v) is 0.689. The van der Waals surface area contributed by atoms with Crippen molar-refractivity contribution in [2.45, 2.75) is 20.9 Å². The maximum absolute atomic E-state index is 2.12. The van der Waals surface area contributed by atoms with Gasteiger partial charge in [-0.15, -0.1) is 0 Å². The molecule has 0 atom stereocenters. The van der Waals surface area contributed by atoms with E-state index in [-0.39, 0.29) is 7.43 Å². The SMILES string of the molecule is C.CCn1cc[n+](C)c1. The summed E-state index contributed by atoms with van der Waals surface area (Å²) in [4.78, 5) is 0. The molecule has 2 nitrogen and oxygen atoms in total. The molecule has 0 amide bonds. The summed E-state index contributed by atoms with van der Waals surface area (Å²) in [6, 6.07) is 0. The third-order valence-electron chi connectivity index (χ3n) is 1.19. The van der Waals surface area contributed by atoms with Crippen molar-refractivity contribution in [2.75, 3.05) is 0 Å². The molecule has 0 aliphatic carbocycles. The number of rotatable bonds is 1. The Balaban J connectivity index is 0.000000640. The lowest BCUT2D eigenvalue weighted by molar-refractivity contribution is -0.671. The molecule has 0 fully saturated rings. The number of hydrogen-bond acceptors (Lipinski definition) is 0. The van der Waals surface area contributed by atoms with Crippen LogP contribution in [0, 0.1) is 0 Å². The molecule has 0 aromatic carbocycles. The zero-order chi connectivity index (χ0) is 5.98. The van der Waals surface area contributed by atoms with Gasteiger partial charge in [0.05, 0.1) is 13.6 Å². The predicted molar refractivity (Wildman–Crippen MR) is 38.0 cm³/mol. The largest absolute Gasteiger partial charge is 0.243 e. The molecule has 0 radical (unpaired) electrons. The minimum atomic E-state index is 0. The molecule has 0 saturated heterocycles. The van der Waals surface area contributed by atoms with Gasteiger partial charge in [-0.2, -0.15) is 0 Å². The van der Waals surface area contributed by atoms with Crippen molar-refractivity contribution < 1.29 is 4.57 Å². The van der Waals surface area contributed by atoms with Crippen LogP contribution < -0.4 is 4.57 Å². The Labute approximate surface area is 56.7 Å². The van der Waals surface area contributed by atoms with E-state index < -0.39 is 0 Å². The molecule has 9 heavy (non-hydrogen) atoms. The normalized spacial score (nSPS) is 8.67. The van der Waals surface area contributed by atoms with E-state index in [1.54, 1.807) is 0 Å². The first-order valence-corrected chi connectivity index (χ1v) is 2.84. The molecule has 0 unspecified atom stereocenters. The van der Waals surface area contributed by atoms with Gasteiger partial charge in [0, 0.05) is 0 Å². The number of aromatic nitrogens is 2. The number of imidazole rings is 1. The Morgan fingerprint density at radius 3 is 2.44 bits per heavy atom. The minimum Gasteiger partial charge on any atom is -0.240 e. The molecule has 1 heterocycles. The number of hydrogen-bond donors (Lipinski definition) is 0. The molecule has 1 aromatic heterocycles. The maximum atomic E-state index is 2.12. The van der Waals surface area contributed by atoms with Crippen molar-refractivity contribution in [3.63, 3.8) is 0 Å². The Bertz CT molecular complexity index is 167. The van der Waals surface area contributed by atoms with Gasteiger partial charge in [0.15, 0.2) is 0 Å². The molecule has 0 N–H and O–H groups in total. The molecule has 0 aliphatic heterocycles. The number of nitrogens with zero attached hydrogens (tertiary/aromatic N) is 2. The lowest BCUT2D eigenvalue weighted by Crippen LogP contribution is -2.23. The van der Waals surface area contributed by atoms with Gasteiger partial charge in [0.2, 0.25) is 6.33 Å². The molecule has 0 spiro atoms. The smallest absolute Gasteiger partial charge is 0.240 e.